The number of rotatable bonds is 3. The molecular weight excluding hydrogens is 248 g/mol. The number of nitrogens with one attached hydrogen (secondary N) is 1. The Kier molecular flexibility index (Phi) is 4.68. The Balaban J connectivity index is 1.61. The number of hydrogen-bond donors (Lipinski definition) is 1. The fourth-order valence-electron chi connectivity index (χ4n) is 4.56. The summed E-state index contributed by atoms with van der Waals surface area (Å²) in [5.41, 5.74) is 0.436. The molecule has 0 radical (unpaired) electrons. The van der Waals surface area contributed by atoms with Gasteiger partial charge in [-0.3, -0.25) is 4.90 Å². The monoisotopic (exact) mass is 280 g/mol. The molecule has 20 heavy (non-hydrogen) atoms. The smallest absolute Gasteiger partial charge is 0.0613 e. The third-order valence-electron chi connectivity index (χ3n) is 5.93. The molecule has 0 aromatic heterocycles. The van der Waals surface area contributed by atoms with Gasteiger partial charge in [-0.1, -0.05) is 26.2 Å². The molecule has 2 aliphatic heterocycles. The SMILES string of the molecule is CCC1OCCC1CN1CC2(CCCCC2)NCC1C. The maximum absolute atomic E-state index is 5.89. The van der Waals surface area contributed by atoms with Gasteiger partial charge in [0, 0.05) is 37.8 Å². The van der Waals surface area contributed by atoms with Gasteiger partial charge in [0.2, 0.25) is 0 Å². The minimum Gasteiger partial charge on any atom is -0.378 e. The zero-order valence-electron chi connectivity index (χ0n) is 13.4. The van der Waals surface area contributed by atoms with Crippen LogP contribution in [-0.4, -0.2) is 48.8 Å². The summed E-state index contributed by atoms with van der Waals surface area (Å²) >= 11 is 0. The van der Waals surface area contributed by atoms with Gasteiger partial charge in [-0.05, 0) is 38.5 Å². The highest BCUT2D eigenvalue weighted by Gasteiger charge is 2.40. The van der Waals surface area contributed by atoms with Gasteiger partial charge >= 0.3 is 0 Å². The molecule has 0 aromatic rings. The van der Waals surface area contributed by atoms with Crippen molar-refractivity contribution in [1.29, 1.82) is 0 Å². The van der Waals surface area contributed by atoms with Gasteiger partial charge in [0.15, 0.2) is 0 Å². The molecule has 0 aromatic carbocycles. The zero-order chi connectivity index (χ0) is 14.0. The lowest BCUT2D eigenvalue weighted by molar-refractivity contribution is 0.0303. The maximum atomic E-state index is 5.89. The molecule has 3 heteroatoms. The zero-order valence-corrected chi connectivity index (χ0v) is 13.4. The van der Waals surface area contributed by atoms with Gasteiger partial charge in [0.05, 0.1) is 6.10 Å². The first-order valence-electron chi connectivity index (χ1n) is 8.83. The summed E-state index contributed by atoms with van der Waals surface area (Å²) in [5, 5.41) is 3.89. The minimum atomic E-state index is 0.436. The summed E-state index contributed by atoms with van der Waals surface area (Å²) in [6, 6.07) is 0.681. The van der Waals surface area contributed by atoms with Crippen LogP contribution in [0.3, 0.4) is 0 Å². The van der Waals surface area contributed by atoms with Crippen molar-refractivity contribution in [2.24, 2.45) is 5.92 Å². The first kappa shape index (κ1) is 14.8. The van der Waals surface area contributed by atoms with Gasteiger partial charge in [0.25, 0.3) is 0 Å². The molecule has 1 spiro atoms. The summed E-state index contributed by atoms with van der Waals surface area (Å²) in [6.45, 7) is 9.33. The van der Waals surface area contributed by atoms with E-state index < -0.39 is 0 Å². The predicted molar refractivity (Wildman–Crippen MR) is 83.0 cm³/mol. The molecule has 1 N–H and O–H groups in total. The van der Waals surface area contributed by atoms with Crippen LogP contribution in [0.5, 0.6) is 0 Å². The lowest BCUT2D eigenvalue weighted by Crippen LogP contribution is -2.64. The normalized spacial score (nSPS) is 38.4. The molecule has 3 rings (SSSR count). The predicted octanol–water partition coefficient (Wildman–Crippen LogP) is 2.80. The summed E-state index contributed by atoms with van der Waals surface area (Å²) in [4.78, 5) is 2.77. The van der Waals surface area contributed by atoms with Crippen molar-refractivity contribution >= 4 is 0 Å². The molecule has 1 saturated carbocycles. The van der Waals surface area contributed by atoms with Crippen LogP contribution in [0, 0.1) is 5.92 Å². The van der Waals surface area contributed by atoms with Crippen LogP contribution in [0.25, 0.3) is 0 Å². The Labute approximate surface area is 124 Å². The van der Waals surface area contributed by atoms with E-state index in [0.717, 1.165) is 12.5 Å². The second kappa shape index (κ2) is 6.33. The summed E-state index contributed by atoms with van der Waals surface area (Å²) in [7, 11) is 0. The summed E-state index contributed by atoms with van der Waals surface area (Å²) in [6.07, 6.45) is 9.99. The first-order valence-corrected chi connectivity index (χ1v) is 8.83. The largest absolute Gasteiger partial charge is 0.378 e. The number of piperazine rings is 1. The third-order valence-corrected chi connectivity index (χ3v) is 5.93. The topological polar surface area (TPSA) is 24.5 Å². The first-order chi connectivity index (χ1) is 9.72. The number of ether oxygens (including phenoxy) is 1. The highest BCUT2D eigenvalue weighted by molar-refractivity contribution is 4.99. The van der Waals surface area contributed by atoms with E-state index in [0.29, 0.717) is 17.7 Å². The van der Waals surface area contributed by atoms with Gasteiger partial charge < -0.3 is 10.1 Å². The van der Waals surface area contributed by atoms with E-state index in [9.17, 15) is 0 Å². The van der Waals surface area contributed by atoms with Crippen LogP contribution >= 0.6 is 0 Å². The standard InChI is InChI=1S/C17H32N2O/c1-3-16-15(7-10-20-16)12-19-13-17(18-11-14(19)2)8-5-4-6-9-17/h14-16,18H,3-13H2,1-2H3. The number of hydrogen-bond acceptors (Lipinski definition) is 3. The van der Waals surface area contributed by atoms with E-state index in [1.54, 1.807) is 0 Å². The second-order valence-electron chi connectivity index (χ2n) is 7.37. The summed E-state index contributed by atoms with van der Waals surface area (Å²) < 4.78 is 5.89. The molecule has 3 atom stereocenters. The van der Waals surface area contributed by atoms with Crippen molar-refractivity contribution < 1.29 is 4.74 Å². The molecule has 3 fully saturated rings. The van der Waals surface area contributed by atoms with Crippen LogP contribution in [0.2, 0.25) is 0 Å². The van der Waals surface area contributed by atoms with Crippen LogP contribution in [0.1, 0.15) is 58.8 Å². The lowest BCUT2D eigenvalue weighted by atomic mass is 9.79. The molecule has 0 bridgehead atoms. The van der Waals surface area contributed by atoms with Crippen molar-refractivity contribution in [2.75, 3.05) is 26.2 Å². The summed E-state index contributed by atoms with van der Waals surface area (Å²) in [5.74, 6) is 0.765. The van der Waals surface area contributed by atoms with Crippen molar-refractivity contribution in [2.45, 2.75) is 76.5 Å². The molecule has 116 valence electrons. The average Bonchev–Trinajstić information content (AvgIpc) is 2.91. The fraction of sp³-hybridized carbons (Fsp3) is 1.00. The molecule has 3 nitrogen and oxygen atoms in total. The Bertz CT molecular complexity index is 314. The quantitative estimate of drug-likeness (QED) is 0.860. The van der Waals surface area contributed by atoms with E-state index in [1.807, 2.05) is 0 Å². The van der Waals surface area contributed by atoms with E-state index >= 15 is 0 Å². The Morgan fingerprint density at radius 3 is 2.80 bits per heavy atom. The molecule has 1 aliphatic carbocycles. The van der Waals surface area contributed by atoms with Crippen molar-refractivity contribution in [1.82, 2.24) is 10.2 Å². The molecule has 2 heterocycles. The molecule has 0 amide bonds. The lowest BCUT2D eigenvalue weighted by Gasteiger charge is -2.49. The highest BCUT2D eigenvalue weighted by Crippen LogP contribution is 2.33. The Hall–Kier alpha value is -0.120. The van der Waals surface area contributed by atoms with Gasteiger partial charge in [-0.15, -0.1) is 0 Å². The Morgan fingerprint density at radius 2 is 2.05 bits per heavy atom. The molecule has 2 saturated heterocycles. The van der Waals surface area contributed by atoms with E-state index in [1.165, 1.54) is 64.6 Å². The fourth-order valence-corrected chi connectivity index (χ4v) is 4.56. The number of nitrogens with zero attached hydrogens (tertiary/aromatic N) is 1. The van der Waals surface area contributed by atoms with Crippen LogP contribution in [0.4, 0.5) is 0 Å². The maximum Gasteiger partial charge on any atom is 0.0613 e. The average molecular weight is 280 g/mol. The van der Waals surface area contributed by atoms with Crippen molar-refractivity contribution in [3.8, 4) is 0 Å². The van der Waals surface area contributed by atoms with Crippen LogP contribution in [-0.2, 0) is 4.74 Å². The molecular formula is C17H32N2O. The van der Waals surface area contributed by atoms with E-state index in [-0.39, 0.29) is 0 Å². The molecule has 3 aliphatic rings. The molecule has 3 unspecified atom stereocenters. The minimum absolute atomic E-state index is 0.436. The second-order valence-corrected chi connectivity index (χ2v) is 7.37. The van der Waals surface area contributed by atoms with Gasteiger partial charge in [-0.25, -0.2) is 0 Å². The van der Waals surface area contributed by atoms with Gasteiger partial charge in [-0.2, -0.15) is 0 Å². The van der Waals surface area contributed by atoms with E-state index in [2.05, 4.69) is 24.1 Å². The van der Waals surface area contributed by atoms with Crippen LogP contribution in [0.15, 0.2) is 0 Å². The van der Waals surface area contributed by atoms with Crippen LogP contribution < -0.4 is 5.32 Å². The van der Waals surface area contributed by atoms with Crippen molar-refractivity contribution in [3.63, 3.8) is 0 Å². The third kappa shape index (κ3) is 3.05. The highest BCUT2D eigenvalue weighted by atomic mass is 16.5. The van der Waals surface area contributed by atoms with Crippen molar-refractivity contribution in [3.05, 3.63) is 0 Å². The Morgan fingerprint density at radius 1 is 1.25 bits per heavy atom. The van der Waals surface area contributed by atoms with E-state index in [4.69, 9.17) is 4.74 Å². The van der Waals surface area contributed by atoms with Gasteiger partial charge in [0.1, 0.15) is 0 Å².